The van der Waals surface area contributed by atoms with Crippen LogP contribution in [0.4, 0.5) is 10.5 Å². The van der Waals surface area contributed by atoms with Gasteiger partial charge in [0, 0.05) is 18.7 Å². The van der Waals surface area contributed by atoms with Crippen LogP contribution in [0.1, 0.15) is 6.42 Å². The second kappa shape index (κ2) is 5.16. The summed E-state index contributed by atoms with van der Waals surface area (Å²) >= 11 is 0. The van der Waals surface area contributed by atoms with Crippen molar-refractivity contribution in [2.75, 3.05) is 25.1 Å². The highest BCUT2D eigenvalue weighted by atomic mass is 16.5. The molecule has 2 amide bonds. The zero-order valence-corrected chi connectivity index (χ0v) is 9.48. The molecule has 1 heterocycles. The van der Waals surface area contributed by atoms with Gasteiger partial charge in [0.15, 0.2) is 0 Å². The van der Waals surface area contributed by atoms with E-state index in [1.54, 1.807) is 12.1 Å². The number of rotatable bonds is 3. The number of carbonyl (C=O) groups excluding carboxylic acids is 1. The van der Waals surface area contributed by atoms with E-state index < -0.39 is 5.60 Å². The second-order valence-electron chi connectivity index (χ2n) is 4.20. The van der Waals surface area contributed by atoms with Gasteiger partial charge >= 0.3 is 6.03 Å². The van der Waals surface area contributed by atoms with Crippen molar-refractivity contribution in [3.05, 3.63) is 30.3 Å². The molecule has 1 fully saturated rings. The Bertz CT molecular complexity index is 375. The average Bonchev–Trinajstić information content (AvgIpc) is 2.76. The second-order valence-corrected chi connectivity index (χ2v) is 4.20. The van der Waals surface area contributed by atoms with E-state index in [2.05, 4.69) is 10.6 Å². The number of anilines is 1. The Balaban J connectivity index is 1.78. The fourth-order valence-corrected chi connectivity index (χ4v) is 1.68. The highest BCUT2D eigenvalue weighted by Gasteiger charge is 2.32. The van der Waals surface area contributed by atoms with Crippen molar-refractivity contribution in [3.63, 3.8) is 0 Å². The Labute approximate surface area is 99.8 Å². The molecule has 5 nitrogen and oxygen atoms in total. The predicted octanol–water partition coefficient (Wildman–Crippen LogP) is 0.959. The normalized spacial score (nSPS) is 23.4. The van der Waals surface area contributed by atoms with Gasteiger partial charge < -0.3 is 20.5 Å². The number of nitrogens with one attached hydrogen (secondary N) is 2. The van der Waals surface area contributed by atoms with Crippen LogP contribution in [0.15, 0.2) is 30.3 Å². The number of ether oxygens (including phenoxy) is 1. The molecule has 1 aromatic carbocycles. The van der Waals surface area contributed by atoms with Crippen LogP contribution in [-0.2, 0) is 4.74 Å². The minimum atomic E-state index is -0.923. The first-order chi connectivity index (χ1) is 8.18. The summed E-state index contributed by atoms with van der Waals surface area (Å²) in [5, 5.41) is 15.3. The first-order valence-corrected chi connectivity index (χ1v) is 5.58. The zero-order chi connectivity index (χ0) is 12.1. The molecule has 3 N–H and O–H groups in total. The largest absolute Gasteiger partial charge is 0.386 e. The van der Waals surface area contributed by atoms with Gasteiger partial charge in [-0.1, -0.05) is 18.2 Å². The first kappa shape index (κ1) is 11.9. The molecule has 0 aliphatic carbocycles. The molecule has 0 aromatic heterocycles. The lowest BCUT2D eigenvalue weighted by Crippen LogP contribution is -2.44. The van der Waals surface area contributed by atoms with Crippen LogP contribution in [0.25, 0.3) is 0 Å². The summed E-state index contributed by atoms with van der Waals surface area (Å²) in [5.74, 6) is 0. The summed E-state index contributed by atoms with van der Waals surface area (Å²) in [4.78, 5) is 11.5. The third-order valence-corrected chi connectivity index (χ3v) is 2.69. The summed E-state index contributed by atoms with van der Waals surface area (Å²) in [7, 11) is 0. The molecule has 1 aliphatic rings. The predicted molar refractivity (Wildman–Crippen MR) is 63.8 cm³/mol. The van der Waals surface area contributed by atoms with E-state index in [4.69, 9.17) is 4.74 Å². The number of carbonyl (C=O) groups is 1. The van der Waals surface area contributed by atoms with Gasteiger partial charge in [-0.05, 0) is 12.1 Å². The lowest BCUT2D eigenvalue weighted by molar-refractivity contribution is 0.0295. The van der Waals surface area contributed by atoms with Crippen LogP contribution < -0.4 is 10.6 Å². The van der Waals surface area contributed by atoms with Crippen LogP contribution in [0.3, 0.4) is 0 Å². The number of amides is 2. The summed E-state index contributed by atoms with van der Waals surface area (Å²) in [5.41, 5.74) is -0.201. The van der Waals surface area contributed by atoms with Crippen molar-refractivity contribution < 1.29 is 14.6 Å². The average molecular weight is 236 g/mol. The van der Waals surface area contributed by atoms with Crippen molar-refractivity contribution in [2.24, 2.45) is 0 Å². The Morgan fingerprint density at radius 3 is 2.82 bits per heavy atom. The highest BCUT2D eigenvalue weighted by molar-refractivity contribution is 5.89. The molecular weight excluding hydrogens is 220 g/mol. The lowest BCUT2D eigenvalue weighted by Gasteiger charge is -2.20. The van der Waals surface area contributed by atoms with E-state index in [-0.39, 0.29) is 19.2 Å². The maximum Gasteiger partial charge on any atom is 0.319 e. The molecule has 1 saturated heterocycles. The summed E-state index contributed by atoms with van der Waals surface area (Å²) in [6, 6.07) is 8.83. The van der Waals surface area contributed by atoms with E-state index in [9.17, 15) is 9.90 Å². The zero-order valence-electron chi connectivity index (χ0n) is 9.48. The topological polar surface area (TPSA) is 70.6 Å². The van der Waals surface area contributed by atoms with Gasteiger partial charge in [0.1, 0.15) is 5.60 Å². The number of hydrogen-bond acceptors (Lipinski definition) is 3. The van der Waals surface area contributed by atoms with Crippen molar-refractivity contribution in [1.29, 1.82) is 0 Å². The van der Waals surface area contributed by atoms with Crippen molar-refractivity contribution in [3.8, 4) is 0 Å². The number of benzene rings is 1. The van der Waals surface area contributed by atoms with Crippen molar-refractivity contribution in [1.82, 2.24) is 5.32 Å². The molecule has 0 saturated carbocycles. The summed E-state index contributed by atoms with van der Waals surface area (Å²) in [6.45, 7) is 1.02. The molecule has 1 aliphatic heterocycles. The van der Waals surface area contributed by atoms with Gasteiger partial charge in [0.05, 0.1) is 13.2 Å². The molecule has 1 unspecified atom stereocenters. The minimum absolute atomic E-state index is 0.200. The maximum absolute atomic E-state index is 11.5. The Hall–Kier alpha value is -1.59. The van der Waals surface area contributed by atoms with Gasteiger partial charge in [-0.2, -0.15) is 0 Å². The van der Waals surface area contributed by atoms with E-state index in [1.165, 1.54) is 0 Å². The van der Waals surface area contributed by atoms with E-state index >= 15 is 0 Å². The van der Waals surface area contributed by atoms with E-state index in [0.717, 1.165) is 5.69 Å². The third-order valence-electron chi connectivity index (χ3n) is 2.69. The summed E-state index contributed by atoms with van der Waals surface area (Å²) in [6.07, 6.45) is 0.554. The van der Waals surface area contributed by atoms with Gasteiger partial charge in [0.2, 0.25) is 0 Å². The molecule has 0 radical (unpaired) electrons. The molecule has 92 valence electrons. The molecule has 0 bridgehead atoms. The van der Waals surface area contributed by atoms with Crippen LogP contribution in [0.5, 0.6) is 0 Å². The Morgan fingerprint density at radius 2 is 2.18 bits per heavy atom. The smallest absolute Gasteiger partial charge is 0.319 e. The number of urea groups is 1. The van der Waals surface area contributed by atoms with Crippen molar-refractivity contribution in [2.45, 2.75) is 12.0 Å². The van der Waals surface area contributed by atoms with Gasteiger partial charge in [-0.15, -0.1) is 0 Å². The van der Waals surface area contributed by atoms with E-state index in [1.807, 2.05) is 18.2 Å². The summed E-state index contributed by atoms with van der Waals surface area (Å²) < 4.78 is 5.09. The Morgan fingerprint density at radius 1 is 1.41 bits per heavy atom. The van der Waals surface area contributed by atoms with Crippen LogP contribution in [0, 0.1) is 0 Å². The minimum Gasteiger partial charge on any atom is -0.386 e. The van der Waals surface area contributed by atoms with Crippen LogP contribution >= 0.6 is 0 Å². The number of hydrogen-bond donors (Lipinski definition) is 3. The molecule has 17 heavy (non-hydrogen) atoms. The van der Waals surface area contributed by atoms with Gasteiger partial charge in [-0.3, -0.25) is 0 Å². The fourth-order valence-electron chi connectivity index (χ4n) is 1.68. The van der Waals surface area contributed by atoms with Crippen molar-refractivity contribution >= 4 is 11.7 Å². The first-order valence-electron chi connectivity index (χ1n) is 5.58. The fraction of sp³-hybridized carbons (Fsp3) is 0.417. The lowest BCUT2D eigenvalue weighted by atomic mass is 10.0. The molecule has 2 rings (SSSR count). The van der Waals surface area contributed by atoms with Gasteiger partial charge in [-0.25, -0.2) is 4.79 Å². The molecule has 5 heteroatoms. The molecular formula is C12H16N2O3. The molecule has 0 spiro atoms. The number of para-hydroxylation sites is 1. The maximum atomic E-state index is 11.5. The van der Waals surface area contributed by atoms with Crippen LogP contribution in [0.2, 0.25) is 0 Å². The quantitative estimate of drug-likeness (QED) is 0.732. The SMILES string of the molecule is O=C(NCC1(O)CCOC1)Nc1ccccc1. The third kappa shape index (κ3) is 3.44. The van der Waals surface area contributed by atoms with Gasteiger partial charge in [0.25, 0.3) is 0 Å². The van der Waals surface area contributed by atoms with E-state index in [0.29, 0.717) is 13.0 Å². The Kier molecular flexibility index (Phi) is 3.61. The number of aliphatic hydroxyl groups is 1. The standard InChI is InChI=1S/C12H16N2O3/c15-11(14-10-4-2-1-3-5-10)13-8-12(16)6-7-17-9-12/h1-5,16H,6-9H2,(H2,13,14,15). The van der Waals surface area contributed by atoms with Crippen LogP contribution in [-0.4, -0.2) is 36.5 Å². The monoisotopic (exact) mass is 236 g/mol. The molecule has 1 atom stereocenters. The highest BCUT2D eigenvalue weighted by Crippen LogP contribution is 2.16. The molecule has 1 aromatic rings.